The van der Waals surface area contributed by atoms with E-state index < -0.39 is 11.6 Å². The Morgan fingerprint density at radius 2 is 1.88 bits per heavy atom. The standard InChI is InChI=1S/C11H16F2N2O/c1-7(2)16-4-3-15-11-9(12)5-8(14)6-10(11)13/h5-7,15H,3-4,14H2,1-2H3. The minimum Gasteiger partial charge on any atom is -0.399 e. The molecule has 0 saturated carbocycles. The van der Waals surface area contributed by atoms with E-state index in [0.29, 0.717) is 13.2 Å². The van der Waals surface area contributed by atoms with Gasteiger partial charge in [-0.25, -0.2) is 8.78 Å². The Morgan fingerprint density at radius 1 is 1.31 bits per heavy atom. The Balaban J connectivity index is 2.54. The smallest absolute Gasteiger partial charge is 0.151 e. The largest absolute Gasteiger partial charge is 0.399 e. The number of benzene rings is 1. The van der Waals surface area contributed by atoms with Crippen LogP contribution >= 0.6 is 0 Å². The third-order valence-electron chi connectivity index (χ3n) is 1.92. The molecule has 0 spiro atoms. The second-order valence-electron chi connectivity index (χ2n) is 3.71. The molecule has 1 aromatic rings. The number of nitrogens with one attached hydrogen (secondary N) is 1. The highest BCUT2D eigenvalue weighted by atomic mass is 19.1. The lowest BCUT2D eigenvalue weighted by molar-refractivity contribution is 0.0870. The Labute approximate surface area is 93.6 Å². The van der Waals surface area contributed by atoms with Gasteiger partial charge in [0.25, 0.3) is 0 Å². The maximum Gasteiger partial charge on any atom is 0.151 e. The number of hydrogen-bond donors (Lipinski definition) is 2. The zero-order valence-electron chi connectivity index (χ0n) is 9.39. The van der Waals surface area contributed by atoms with Crippen LogP contribution in [-0.2, 0) is 4.74 Å². The molecule has 0 aromatic heterocycles. The number of nitrogen functional groups attached to an aromatic ring is 1. The van der Waals surface area contributed by atoms with E-state index in [-0.39, 0.29) is 17.5 Å². The van der Waals surface area contributed by atoms with Crippen LogP contribution in [0.15, 0.2) is 12.1 Å². The quantitative estimate of drug-likeness (QED) is 0.603. The van der Waals surface area contributed by atoms with Crippen LogP contribution in [0.3, 0.4) is 0 Å². The SMILES string of the molecule is CC(C)OCCNc1c(F)cc(N)cc1F. The summed E-state index contributed by atoms with van der Waals surface area (Å²) in [6.45, 7) is 4.52. The van der Waals surface area contributed by atoms with E-state index in [1.54, 1.807) is 0 Å². The highest BCUT2D eigenvalue weighted by Crippen LogP contribution is 2.21. The number of nitrogens with two attached hydrogens (primary N) is 1. The van der Waals surface area contributed by atoms with Gasteiger partial charge in [-0.2, -0.15) is 0 Å². The second kappa shape index (κ2) is 5.65. The fourth-order valence-electron chi connectivity index (χ4n) is 1.23. The van der Waals surface area contributed by atoms with Crippen molar-refractivity contribution in [1.29, 1.82) is 0 Å². The van der Waals surface area contributed by atoms with Crippen molar-refractivity contribution >= 4 is 11.4 Å². The molecule has 0 aliphatic rings. The summed E-state index contributed by atoms with van der Waals surface area (Å²) in [6.07, 6.45) is 0.0999. The molecular weight excluding hydrogens is 214 g/mol. The fraction of sp³-hybridized carbons (Fsp3) is 0.455. The summed E-state index contributed by atoms with van der Waals surface area (Å²) in [5.74, 6) is -1.39. The molecule has 1 aromatic carbocycles. The molecule has 0 heterocycles. The Kier molecular flexibility index (Phi) is 4.49. The van der Waals surface area contributed by atoms with E-state index in [9.17, 15) is 8.78 Å². The number of ether oxygens (including phenoxy) is 1. The molecule has 0 radical (unpaired) electrons. The van der Waals surface area contributed by atoms with Crippen LogP contribution in [0.4, 0.5) is 20.2 Å². The minimum absolute atomic E-state index is 0.0685. The zero-order chi connectivity index (χ0) is 12.1. The predicted molar refractivity (Wildman–Crippen MR) is 60.3 cm³/mol. The Morgan fingerprint density at radius 3 is 2.38 bits per heavy atom. The maximum absolute atomic E-state index is 13.3. The lowest BCUT2D eigenvalue weighted by Gasteiger charge is -2.11. The summed E-state index contributed by atoms with van der Waals surface area (Å²) in [4.78, 5) is 0. The molecule has 0 unspecified atom stereocenters. The van der Waals surface area contributed by atoms with Crippen molar-refractivity contribution in [3.8, 4) is 0 Å². The van der Waals surface area contributed by atoms with E-state index in [0.717, 1.165) is 12.1 Å². The first kappa shape index (κ1) is 12.7. The van der Waals surface area contributed by atoms with Gasteiger partial charge >= 0.3 is 0 Å². The van der Waals surface area contributed by atoms with Gasteiger partial charge in [0.05, 0.1) is 12.7 Å². The molecule has 0 fully saturated rings. The number of anilines is 2. The van der Waals surface area contributed by atoms with E-state index in [1.165, 1.54) is 0 Å². The van der Waals surface area contributed by atoms with Crippen molar-refractivity contribution in [2.24, 2.45) is 0 Å². The van der Waals surface area contributed by atoms with Crippen LogP contribution in [0.5, 0.6) is 0 Å². The van der Waals surface area contributed by atoms with Crippen molar-refractivity contribution in [3.63, 3.8) is 0 Å². The number of hydrogen-bond acceptors (Lipinski definition) is 3. The van der Waals surface area contributed by atoms with Crippen molar-refractivity contribution in [2.75, 3.05) is 24.2 Å². The molecule has 0 saturated heterocycles. The van der Waals surface area contributed by atoms with E-state index in [2.05, 4.69) is 5.32 Å². The lowest BCUT2D eigenvalue weighted by atomic mass is 10.2. The highest BCUT2D eigenvalue weighted by Gasteiger charge is 2.09. The minimum atomic E-state index is -0.693. The summed E-state index contributed by atoms with van der Waals surface area (Å²) in [5, 5.41) is 2.63. The molecule has 16 heavy (non-hydrogen) atoms. The van der Waals surface area contributed by atoms with Crippen LogP contribution in [-0.4, -0.2) is 19.3 Å². The van der Waals surface area contributed by atoms with Gasteiger partial charge in [-0.1, -0.05) is 0 Å². The van der Waals surface area contributed by atoms with Gasteiger partial charge in [-0.3, -0.25) is 0 Å². The van der Waals surface area contributed by atoms with Gasteiger partial charge in [-0.05, 0) is 26.0 Å². The molecule has 0 amide bonds. The molecule has 0 bridgehead atoms. The monoisotopic (exact) mass is 230 g/mol. The topological polar surface area (TPSA) is 47.3 Å². The first-order valence-electron chi connectivity index (χ1n) is 5.10. The maximum atomic E-state index is 13.3. The summed E-state index contributed by atoms with van der Waals surface area (Å²) in [6, 6.07) is 2.16. The fourth-order valence-corrected chi connectivity index (χ4v) is 1.23. The lowest BCUT2D eigenvalue weighted by Crippen LogP contribution is -2.14. The van der Waals surface area contributed by atoms with Crippen LogP contribution < -0.4 is 11.1 Å². The van der Waals surface area contributed by atoms with Gasteiger partial charge in [-0.15, -0.1) is 0 Å². The van der Waals surface area contributed by atoms with E-state index >= 15 is 0 Å². The Bertz CT molecular complexity index is 333. The highest BCUT2D eigenvalue weighted by molar-refractivity contribution is 5.53. The molecule has 1 rings (SSSR count). The molecule has 3 nitrogen and oxygen atoms in total. The molecular formula is C11H16F2N2O. The summed E-state index contributed by atoms with van der Waals surface area (Å²) < 4.78 is 31.8. The van der Waals surface area contributed by atoms with E-state index in [4.69, 9.17) is 10.5 Å². The molecule has 5 heteroatoms. The second-order valence-corrected chi connectivity index (χ2v) is 3.71. The van der Waals surface area contributed by atoms with Crippen LogP contribution in [0.25, 0.3) is 0 Å². The summed E-state index contributed by atoms with van der Waals surface area (Å²) >= 11 is 0. The van der Waals surface area contributed by atoms with Gasteiger partial charge in [0.1, 0.15) is 5.69 Å². The van der Waals surface area contributed by atoms with Gasteiger partial charge in [0.2, 0.25) is 0 Å². The summed E-state index contributed by atoms with van der Waals surface area (Å²) in [5.41, 5.74) is 5.19. The first-order chi connectivity index (χ1) is 7.50. The van der Waals surface area contributed by atoms with Crippen molar-refractivity contribution < 1.29 is 13.5 Å². The van der Waals surface area contributed by atoms with Gasteiger partial charge in [0, 0.05) is 12.2 Å². The molecule has 3 N–H and O–H groups in total. The van der Waals surface area contributed by atoms with Gasteiger partial charge in [0.15, 0.2) is 11.6 Å². The Hall–Kier alpha value is -1.36. The van der Waals surface area contributed by atoms with Crippen LogP contribution in [0.1, 0.15) is 13.8 Å². The predicted octanol–water partition coefficient (Wildman–Crippen LogP) is 2.38. The molecule has 0 aliphatic heterocycles. The van der Waals surface area contributed by atoms with Crippen molar-refractivity contribution in [1.82, 2.24) is 0 Å². The van der Waals surface area contributed by atoms with Crippen LogP contribution in [0, 0.1) is 11.6 Å². The van der Waals surface area contributed by atoms with Gasteiger partial charge < -0.3 is 15.8 Å². The summed E-state index contributed by atoms with van der Waals surface area (Å²) in [7, 11) is 0. The average molecular weight is 230 g/mol. The third kappa shape index (κ3) is 3.66. The van der Waals surface area contributed by atoms with E-state index in [1.807, 2.05) is 13.8 Å². The molecule has 0 aliphatic carbocycles. The normalized spacial score (nSPS) is 10.8. The average Bonchev–Trinajstić information content (AvgIpc) is 2.14. The van der Waals surface area contributed by atoms with Crippen molar-refractivity contribution in [2.45, 2.75) is 20.0 Å². The number of halogens is 2. The molecule has 90 valence electrons. The number of rotatable bonds is 5. The third-order valence-corrected chi connectivity index (χ3v) is 1.92. The first-order valence-corrected chi connectivity index (χ1v) is 5.10. The zero-order valence-corrected chi connectivity index (χ0v) is 9.39. The van der Waals surface area contributed by atoms with Crippen LogP contribution in [0.2, 0.25) is 0 Å². The van der Waals surface area contributed by atoms with Crippen molar-refractivity contribution in [3.05, 3.63) is 23.8 Å². The molecule has 0 atom stereocenters.